The number of pyridine rings is 1. The fourth-order valence-corrected chi connectivity index (χ4v) is 1.58. The molecule has 0 saturated heterocycles. The summed E-state index contributed by atoms with van der Waals surface area (Å²) in [5.41, 5.74) is 0. The predicted octanol–water partition coefficient (Wildman–Crippen LogP) is 2.74. The molecule has 0 aliphatic carbocycles. The second-order valence-electron chi connectivity index (χ2n) is 2.69. The molecule has 0 amide bonds. The first kappa shape index (κ1) is 11.3. The molecule has 4 heteroatoms. The van der Waals surface area contributed by atoms with Crippen LogP contribution in [0.15, 0.2) is 18.3 Å². The number of aromatic nitrogens is 1. The van der Waals surface area contributed by atoms with Gasteiger partial charge in [-0.15, -0.1) is 0 Å². The Hall–Kier alpha value is -0.770. The van der Waals surface area contributed by atoms with E-state index in [2.05, 4.69) is 11.9 Å². The molecule has 14 heavy (non-hydrogen) atoms. The van der Waals surface area contributed by atoms with E-state index in [0.29, 0.717) is 6.61 Å². The van der Waals surface area contributed by atoms with E-state index < -0.39 is 5.95 Å². The van der Waals surface area contributed by atoms with Crippen molar-refractivity contribution in [2.45, 2.75) is 13.3 Å². The molecule has 1 aromatic rings. The van der Waals surface area contributed by atoms with Gasteiger partial charge in [0.15, 0.2) is 5.75 Å². The number of ether oxygens (including phenoxy) is 1. The molecule has 1 rings (SSSR count). The summed E-state index contributed by atoms with van der Waals surface area (Å²) in [5.74, 6) is 1.88. The average molecular weight is 215 g/mol. The third-order valence-corrected chi connectivity index (χ3v) is 2.61. The number of thioether (sulfide) groups is 1. The van der Waals surface area contributed by atoms with Crippen molar-refractivity contribution in [3.63, 3.8) is 0 Å². The summed E-state index contributed by atoms with van der Waals surface area (Å²) in [6.07, 6.45) is 2.35. The Kier molecular flexibility index (Phi) is 5.37. The molecule has 0 radical (unpaired) electrons. The Labute approximate surface area is 87.9 Å². The fraction of sp³-hybridized carbons (Fsp3) is 0.500. The zero-order valence-electron chi connectivity index (χ0n) is 8.20. The molecule has 0 atom stereocenters. The molecule has 0 bridgehead atoms. The van der Waals surface area contributed by atoms with Crippen molar-refractivity contribution < 1.29 is 9.13 Å². The molecular formula is C10H14FNOS. The monoisotopic (exact) mass is 215 g/mol. The molecule has 0 spiro atoms. The van der Waals surface area contributed by atoms with Gasteiger partial charge in [-0.1, -0.05) is 6.92 Å². The van der Waals surface area contributed by atoms with Gasteiger partial charge < -0.3 is 4.74 Å². The predicted molar refractivity (Wildman–Crippen MR) is 57.3 cm³/mol. The topological polar surface area (TPSA) is 22.1 Å². The summed E-state index contributed by atoms with van der Waals surface area (Å²) < 4.78 is 18.2. The minimum atomic E-state index is -0.532. The van der Waals surface area contributed by atoms with Gasteiger partial charge in [0.05, 0.1) is 6.61 Å². The number of hydrogen-bond acceptors (Lipinski definition) is 3. The normalized spacial score (nSPS) is 10.1. The van der Waals surface area contributed by atoms with Gasteiger partial charge in [-0.2, -0.15) is 16.2 Å². The van der Waals surface area contributed by atoms with E-state index >= 15 is 0 Å². The van der Waals surface area contributed by atoms with Gasteiger partial charge in [-0.3, -0.25) is 0 Å². The highest BCUT2D eigenvalue weighted by atomic mass is 32.2. The molecule has 0 aromatic carbocycles. The van der Waals surface area contributed by atoms with Crippen LogP contribution in [-0.4, -0.2) is 23.1 Å². The van der Waals surface area contributed by atoms with Crippen LogP contribution in [0.3, 0.4) is 0 Å². The average Bonchev–Trinajstić information content (AvgIpc) is 2.20. The lowest BCUT2D eigenvalue weighted by Crippen LogP contribution is -2.01. The van der Waals surface area contributed by atoms with E-state index in [1.807, 2.05) is 11.8 Å². The first-order valence-electron chi connectivity index (χ1n) is 4.65. The van der Waals surface area contributed by atoms with E-state index in [0.717, 1.165) is 17.9 Å². The van der Waals surface area contributed by atoms with Crippen LogP contribution in [0, 0.1) is 5.95 Å². The molecular weight excluding hydrogens is 201 g/mol. The largest absolute Gasteiger partial charge is 0.489 e. The molecule has 0 N–H and O–H groups in total. The maximum Gasteiger partial charge on any atom is 0.255 e. The van der Waals surface area contributed by atoms with Gasteiger partial charge in [0.25, 0.3) is 5.95 Å². The lowest BCUT2D eigenvalue weighted by Gasteiger charge is -2.05. The third kappa shape index (κ3) is 3.96. The van der Waals surface area contributed by atoms with Gasteiger partial charge in [-0.25, -0.2) is 4.98 Å². The summed E-state index contributed by atoms with van der Waals surface area (Å²) in [6, 6.07) is 3.26. The van der Waals surface area contributed by atoms with Crippen molar-refractivity contribution >= 4 is 11.8 Å². The molecule has 1 heterocycles. The molecule has 0 aliphatic rings. The van der Waals surface area contributed by atoms with Gasteiger partial charge in [0, 0.05) is 6.20 Å². The maximum atomic E-state index is 12.9. The van der Waals surface area contributed by atoms with Crippen LogP contribution in [0.2, 0.25) is 0 Å². The number of hydrogen-bond donors (Lipinski definition) is 0. The van der Waals surface area contributed by atoms with Crippen molar-refractivity contribution in [1.29, 1.82) is 0 Å². The standard InChI is InChI=1S/C10H14FNOS/c1-2-14-8-4-7-13-9-5-3-6-12-10(9)11/h3,5-6H,2,4,7-8H2,1H3. The molecule has 0 fully saturated rings. The van der Waals surface area contributed by atoms with Crippen LogP contribution >= 0.6 is 11.8 Å². The molecule has 2 nitrogen and oxygen atoms in total. The zero-order chi connectivity index (χ0) is 10.2. The molecule has 0 aliphatic heterocycles. The van der Waals surface area contributed by atoms with Crippen LogP contribution in [0.1, 0.15) is 13.3 Å². The summed E-state index contributed by atoms with van der Waals surface area (Å²) >= 11 is 1.86. The van der Waals surface area contributed by atoms with Gasteiger partial charge in [0.1, 0.15) is 0 Å². The first-order chi connectivity index (χ1) is 6.84. The lowest BCUT2D eigenvalue weighted by molar-refractivity contribution is 0.298. The maximum absolute atomic E-state index is 12.9. The van der Waals surface area contributed by atoms with Gasteiger partial charge in [-0.05, 0) is 30.1 Å². The minimum absolute atomic E-state index is 0.244. The van der Waals surface area contributed by atoms with Crippen LogP contribution in [0.4, 0.5) is 4.39 Å². The summed E-state index contributed by atoms with van der Waals surface area (Å²) in [4.78, 5) is 3.50. The van der Waals surface area contributed by atoms with Crippen LogP contribution in [0.5, 0.6) is 5.75 Å². The summed E-state index contributed by atoms with van der Waals surface area (Å²) in [5, 5.41) is 0. The van der Waals surface area contributed by atoms with Crippen molar-refractivity contribution in [2.24, 2.45) is 0 Å². The van der Waals surface area contributed by atoms with E-state index in [9.17, 15) is 4.39 Å². The molecule has 0 saturated carbocycles. The second kappa shape index (κ2) is 6.65. The highest BCUT2D eigenvalue weighted by molar-refractivity contribution is 7.99. The SMILES string of the molecule is CCSCCCOc1cccnc1F. The van der Waals surface area contributed by atoms with E-state index in [-0.39, 0.29) is 5.75 Å². The quantitative estimate of drug-likeness (QED) is 0.538. The zero-order valence-corrected chi connectivity index (χ0v) is 9.02. The van der Waals surface area contributed by atoms with Crippen LogP contribution < -0.4 is 4.74 Å². The van der Waals surface area contributed by atoms with Crippen molar-refractivity contribution in [3.05, 3.63) is 24.3 Å². The number of rotatable bonds is 6. The summed E-state index contributed by atoms with van der Waals surface area (Å²) in [6.45, 7) is 2.67. The van der Waals surface area contributed by atoms with Crippen molar-refractivity contribution in [3.8, 4) is 5.75 Å². The third-order valence-electron chi connectivity index (χ3n) is 1.62. The first-order valence-corrected chi connectivity index (χ1v) is 5.81. The smallest absolute Gasteiger partial charge is 0.255 e. The van der Waals surface area contributed by atoms with E-state index in [4.69, 9.17) is 4.74 Å². The van der Waals surface area contributed by atoms with Gasteiger partial charge in [0.2, 0.25) is 0 Å². The Morgan fingerprint density at radius 1 is 1.57 bits per heavy atom. The van der Waals surface area contributed by atoms with Crippen LogP contribution in [0.25, 0.3) is 0 Å². The second-order valence-corrected chi connectivity index (χ2v) is 4.09. The molecule has 0 unspecified atom stereocenters. The minimum Gasteiger partial charge on any atom is -0.489 e. The number of nitrogens with zero attached hydrogens (tertiary/aromatic N) is 1. The van der Waals surface area contributed by atoms with Gasteiger partial charge >= 0.3 is 0 Å². The molecule has 78 valence electrons. The van der Waals surface area contributed by atoms with Crippen molar-refractivity contribution in [2.75, 3.05) is 18.1 Å². The highest BCUT2D eigenvalue weighted by Crippen LogP contribution is 2.13. The highest BCUT2D eigenvalue weighted by Gasteiger charge is 2.01. The Balaban J connectivity index is 2.21. The molecule has 1 aromatic heterocycles. The number of halogens is 1. The van der Waals surface area contributed by atoms with E-state index in [1.54, 1.807) is 12.1 Å². The van der Waals surface area contributed by atoms with Crippen LogP contribution in [-0.2, 0) is 0 Å². The van der Waals surface area contributed by atoms with Crippen molar-refractivity contribution in [1.82, 2.24) is 4.98 Å². The summed E-state index contributed by atoms with van der Waals surface area (Å²) in [7, 11) is 0. The Morgan fingerprint density at radius 3 is 3.14 bits per heavy atom. The Morgan fingerprint density at radius 2 is 2.43 bits per heavy atom. The Bertz CT molecular complexity index is 270. The lowest BCUT2D eigenvalue weighted by atomic mass is 10.4. The fourth-order valence-electron chi connectivity index (χ4n) is 0.966. The van der Waals surface area contributed by atoms with E-state index in [1.165, 1.54) is 6.20 Å².